The van der Waals surface area contributed by atoms with Crippen LogP contribution in [0.3, 0.4) is 0 Å². The van der Waals surface area contributed by atoms with Crippen LogP contribution in [0.25, 0.3) is 0 Å². The predicted octanol–water partition coefficient (Wildman–Crippen LogP) is 9.16. The van der Waals surface area contributed by atoms with E-state index in [1.165, 1.54) is 95.8 Å². The van der Waals surface area contributed by atoms with Crippen molar-refractivity contribution in [1.29, 1.82) is 0 Å². The first-order chi connectivity index (χ1) is 61.1. The Morgan fingerprint density at radius 3 is 1.44 bits per heavy atom. The lowest BCUT2D eigenvalue weighted by Crippen LogP contribution is -2.58. The maximum atomic E-state index is 13.7. The zero-order chi connectivity index (χ0) is 89.0. The number of hydrogen-bond acceptors (Lipinski definition) is 23. The van der Waals surface area contributed by atoms with Gasteiger partial charge in [0.25, 0.3) is 41.4 Å². The van der Waals surface area contributed by atoms with Gasteiger partial charge in [-0.1, -0.05) is 137 Å². The molecular weight excluding hydrogens is 1630 g/mol. The number of carbonyl (C=O) groups excluding carboxylic acids is 12. The Morgan fingerprint density at radius 2 is 0.944 bits per heavy atom. The van der Waals surface area contributed by atoms with E-state index in [-0.39, 0.29) is 131 Å². The number of nitrogens with two attached hydrogens (primary N) is 1. The molecule has 3 aromatic heterocycles. The van der Waals surface area contributed by atoms with Crippen LogP contribution in [0.5, 0.6) is 5.75 Å². The van der Waals surface area contributed by atoms with Crippen LogP contribution in [0, 0.1) is 0 Å². The van der Waals surface area contributed by atoms with Gasteiger partial charge >= 0.3 is 0 Å². The van der Waals surface area contributed by atoms with E-state index in [1.54, 1.807) is 12.3 Å². The number of carbonyl (C=O) groups is 12. The third-order valence-electron chi connectivity index (χ3n) is 23.9. The number of rotatable bonds is 30. The number of nitrogens with one attached hydrogen (secondary N) is 9. The summed E-state index contributed by atoms with van der Waals surface area (Å²) in [5.74, 6) is -3.36. The molecule has 8 aliphatic rings. The molecule has 666 valence electrons. The number of thiocarbonyl (C=S) groups is 1. The number of fused-ring (bicyclic) bond motifs is 4. The zero-order valence-corrected chi connectivity index (χ0v) is 72.3. The van der Waals surface area contributed by atoms with E-state index in [2.05, 4.69) is 114 Å². The molecule has 32 nitrogen and oxygen atoms in total. The van der Waals surface area contributed by atoms with Gasteiger partial charge in [-0.3, -0.25) is 62.4 Å². The fourth-order valence-corrected chi connectivity index (χ4v) is 17.6. The number of nitrogens with zero attached hydrogens (tertiary/aromatic N) is 7. The summed E-state index contributed by atoms with van der Waals surface area (Å²) < 4.78 is 15.9. The second-order valence-electron chi connectivity index (χ2n) is 33.0. The Hall–Kier alpha value is -12.1. The standard InChI is InChI=1S/C31H41N5O5.C21H25N5O2.C21H25N5OS.C20H22N2O7/c1-2-41-19-9-13-25(37)12-8-14-26(38)36-31(15-6-3-7-16-31)30(40)35-28-27(32-17-18-33-28)29(39)34-24-20-22-10-4-5-11-23(22)21-24;22-21(8-4-1-5-9-21)20(28)26-18-17(23-10-11-24-18)19(27)25-16-12-14-6-2-3-7-15(14)13-16;27-20(24-17-12-14-6-4-5-7-15(14)13-17)18-19(23-11-10-22-18)26-21(28)25-16-8-2-1-3-9-16;1-2-28-9-8-21-17(25)11-29-16-5-3-4-13-18(16)20(27)22(19(13)26)14-7-6-12(23)10-15(14)24/h4-5,10-11,17-18,24H,2-3,6-9,12-16,19-21H2,1H3,(H,34,39)(H,36,38)(H,33,35,40);2-3,6-7,10-11,16H,1,4-5,8-9,12-13,22H2,(H,25,27)(H,24,26,28);4-7,10-11,16-17H,1-3,8-9,12-13H2,(H,24,27)(H2,23,25,26,28);3-5,14H,2,6-11H2,1H3,(H,21,25). The summed E-state index contributed by atoms with van der Waals surface area (Å²) in [4.78, 5) is 178. The lowest BCUT2D eigenvalue weighted by molar-refractivity contribution is -0.133. The van der Waals surface area contributed by atoms with Gasteiger partial charge < -0.3 is 67.8 Å². The second-order valence-corrected chi connectivity index (χ2v) is 33.4. The Bertz CT molecular complexity index is 5020. The van der Waals surface area contributed by atoms with Gasteiger partial charge in [0, 0.05) is 113 Å². The highest BCUT2D eigenvalue weighted by atomic mass is 32.1. The van der Waals surface area contributed by atoms with Crippen LogP contribution in [0.2, 0.25) is 0 Å². The van der Waals surface area contributed by atoms with Crippen LogP contribution in [0.1, 0.15) is 247 Å². The molecule has 0 radical (unpaired) electrons. The number of ketones is 3. The highest BCUT2D eigenvalue weighted by molar-refractivity contribution is 7.80. The van der Waals surface area contributed by atoms with Gasteiger partial charge in [-0.25, -0.2) is 29.9 Å². The Balaban J connectivity index is 0.000000155. The monoisotopic (exact) mass is 1740 g/mol. The number of hydrogen-bond donors (Lipinski definition) is 10. The number of Topliss-reactive ketones (excluding diaryl/α,β-unsaturated/α-hetero) is 3. The van der Waals surface area contributed by atoms with Crippen molar-refractivity contribution in [1.82, 2.24) is 66.7 Å². The summed E-state index contributed by atoms with van der Waals surface area (Å²) in [6.45, 7) is 5.88. The van der Waals surface area contributed by atoms with Crippen LogP contribution >= 0.6 is 12.2 Å². The van der Waals surface area contributed by atoms with Crippen molar-refractivity contribution in [3.05, 3.63) is 190 Å². The smallest absolute Gasteiger partial charge is 0.273 e. The molecular formula is C93H113N17O15S. The summed E-state index contributed by atoms with van der Waals surface area (Å²) in [5.41, 5.74) is 12.4. The minimum Gasteiger partial charge on any atom is -0.483 e. The lowest BCUT2D eigenvalue weighted by atomic mass is 9.80. The molecule has 0 saturated heterocycles. The highest BCUT2D eigenvalue weighted by Crippen LogP contribution is 2.36. The minimum atomic E-state index is -1.10. The summed E-state index contributed by atoms with van der Waals surface area (Å²) in [5, 5.41) is 27.2. The van der Waals surface area contributed by atoms with E-state index >= 15 is 0 Å². The van der Waals surface area contributed by atoms with Crippen molar-refractivity contribution in [3.8, 4) is 5.75 Å². The van der Waals surface area contributed by atoms with Crippen LogP contribution in [0.4, 0.5) is 17.5 Å². The minimum absolute atomic E-state index is 0.00894. The van der Waals surface area contributed by atoms with E-state index in [1.807, 2.05) is 50.2 Å². The number of ether oxygens (including phenoxy) is 3. The van der Waals surface area contributed by atoms with Crippen molar-refractivity contribution in [3.63, 3.8) is 0 Å². The van der Waals surface area contributed by atoms with Gasteiger partial charge in [-0.05, 0) is 168 Å². The first-order valence-corrected chi connectivity index (χ1v) is 44.5. The fourth-order valence-electron chi connectivity index (χ4n) is 17.4. The first-order valence-electron chi connectivity index (χ1n) is 44.1. The van der Waals surface area contributed by atoms with Gasteiger partial charge in [0.2, 0.25) is 11.8 Å². The maximum absolute atomic E-state index is 13.7. The molecule has 7 aromatic rings. The lowest BCUT2D eigenvalue weighted by Gasteiger charge is -2.36. The first kappa shape index (κ1) is 93.1. The topological polar surface area (TPSA) is 447 Å². The van der Waals surface area contributed by atoms with Crippen molar-refractivity contribution >= 4 is 105 Å². The largest absolute Gasteiger partial charge is 0.483 e. The molecule has 33 heteroatoms. The number of anilines is 3. The van der Waals surface area contributed by atoms with Crippen LogP contribution in [-0.2, 0) is 81.6 Å². The molecule has 4 aromatic carbocycles. The van der Waals surface area contributed by atoms with Gasteiger partial charge in [0.05, 0.1) is 35.7 Å². The normalized spacial score (nSPS) is 17.4. The Labute approximate surface area is 738 Å². The molecule has 11 N–H and O–H groups in total. The third-order valence-corrected chi connectivity index (χ3v) is 24.1. The summed E-state index contributed by atoms with van der Waals surface area (Å²) in [6.07, 6.45) is 29.4. The molecule has 1 atom stereocenters. The molecule has 126 heavy (non-hydrogen) atoms. The van der Waals surface area contributed by atoms with Gasteiger partial charge in [-0.15, -0.1) is 0 Å². The molecule has 4 fully saturated rings. The molecule has 9 amide bonds. The average Bonchev–Trinajstić information content (AvgIpc) is 1.60. The molecule has 15 rings (SSSR count). The molecule has 1 unspecified atom stereocenters. The fraction of sp³-hybridized carbons (Fsp3) is 0.473. The predicted molar refractivity (Wildman–Crippen MR) is 473 cm³/mol. The Kier molecular flexibility index (Phi) is 33.8. The van der Waals surface area contributed by atoms with Gasteiger partial charge in [-0.2, -0.15) is 0 Å². The van der Waals surface area contributed by atoms with Crippen molar-refractivity contribution in [2.75, 3.05) is 55.5 Å². The molecule has 4 saturated carbocycles. The quantitative estimate of drug-likeness (QED) is 0.00867. The van der Waals surface area contributed by atoms with E-state index in [9.17, 15) is 57.5 Å². The molecule has 4 heterocycles. The Morgan fingerprint density at radius 1 is 0.484 bits per heavy atom. The molecule has 0 bridgehead atoms. The van der Waals surface area contributed by atoms with Crippen LogP contribution in [-0.4, -0.2) is 191 Å². The number of aromatic nitrogens is 6. The summed E-state index contributed by atoms with van der Waals surface area (Å²) in [7, 11) is 0. The molecule has 1 aliphatic heterocycles. The van der Waals surface area contributed by atoms with Crippen LogP contribution in [0.15, 0.2) is 128 Å². The second kappa shape index (κ2) is 45.7. The van der Waals surface area contributed by atoms with Crippen molar-refractivity contribution in [2.24, 2.45) is 5.73 Å². The highest BCUT2D eigenvalue weighted by Gasteiger charge is 2.47. The third kappa shape index (κ3) is 25.4. The van der Waals surface area contributed by atoms with Gasteiger partial charge in [0.15, 0.2) is 52.0 Å². The van der Waals surface area contributed by atoms with Crippen molar-refractivity contribution < 1.29 is 71.7 Å². The van der Waals surface area contributed by atoms with E-state index in [0.29, 0.717) is 101 Å². The van der Waals surface area contributed by atoms with Gasteiger partial charge in [0.1, 0.15) is 22.9 Å². The summed E-state index contributed by atoms with van der Waals surface area (Å²) >= 11 is 5.43. The van der Waals surface area contributed by atoms with E-state index < -0.39 is 52.4 Å². The average molecular weight is 1740 g/mol. The molecule has 7 aliphatic carbocycles. The number of amides is 9. The maximum Gasteiger partial charge on any atom is 0.273 e. The summed E-state index contributed by atoms with van der Waals surface area (Å²) in [6, 6.07) is 28.6. The van der Waals surface area contributed by atoms with E-state index in [4.69, 9.17) is 32.2 Å². The zero-order valence-electron chi connectivity index (χ0n) is 71.5. The van der Waals surface area contributed by atoms with E-state index in [0.717, 1.165) is 94.8 Å². The molecule has 0 spiro atoms. The SMILES string of the molecule is CCOCCCC(=O)CCCC(=O)NC1(C(=O)Nc2nccnc2C(=O)NC2Cc3ccccc3C2)CCCCC1.CCOCCNC(=O)COc1cccc2c1C(=O)N(C1CCC(=O)CC1=O)C2=O.NC1(C(=O)Nc2nccnc2C(=O)NC2Cc3ccccc3C2)CCCCC1.O=C(NC1Cc2ccccc2C1)c1nccnc1NC(=S)NC1CCCCC1. The number of benzene rings is 4. The number of imide groups is 1. The van der Waals surface area contributed by atoms with Crippen LogP contribution < -0.4 is 58.3 Å². The van der Waals surface area contributed by atoms with Crippen molar-refractivity contribution in [2.45, 2.75) is 241 Å².